The van der Waals surface area contributed by atoms with Crippen LogP contribution in [0.2, 0.25) is 0 Å². The molecule has 0 spiro atoms. The molecule has 17 heavy (non-hydrogen) atoms. The number of hydrogen-bond acceptors (Lipinski definition) is 5. The van der Waals surface area contributed by atoms with Gasteiger partial charge in [-0.15, -0.1) is 5.10 Å². The fourth-order valence-electron chi connectivity index (χ4n) is 1.28. The van der Waals surface area contributed by atoms with E-state index < -0.39 is 0 Å². The zero-order chi connectivity index (χ0) is 12.3. The van der Waals surface area contributed by atoms with Crippen LogP contribution in [0.5, 0.6) is 11.6 Å². The Morgan fingerprint density at radius 3 is 2.88 bits per heavy atom. The largest absolute Gasteiger partial charge is 0.435 e. The number of aryl methyl sites for hydroxylation is 1. The third-order valence-corrected chi connectivity index (χ3v) is 2.14. The summed E-state index contributed by atoms with van der Waals surface area (Å²) in [4.78, 5) is 4.09. The first-order chi connectivity index (χ1) is 8.18. The molecule has 3 N–H and O–H groups in total. The van der Waals surface area contributed by atoms with Crippen molar-refractivity contribution < 1.29 is 4.74 Å². The molecule has 0 unspecified atom stereocenters. The molecule has 0 aliphatic rings. The highest BCUT2D eigenvalue weighted by atomic mass is 16.5. The van der Waals surface area contributed by atoms with E-state index in [0.717, 1.165) is 5.69 Å². The van der Waals surface area contributed by atoms with Gasteiger partial charge in [-0.1, -0.05) is 0 Å². The SMILES string of the molecule is Cc1ncccc1Oc1nnccc1C(=N)N. The molecule has 2 aromatic rings. The van der Waals surface area contributed by atoms with E-state index in [0.29, 0.717) is 11.3 Å². The van der Waals surface area contributed by atoms with Crippen LogP contribution in [0.1, 0.15) is 11.3 Å². The van der Waals surface area contributed by atoms with Crippen molar-refractivity contribution in [3.05, 3.63) is 41.9 Å². The van der Waals surface area contributed by atoms with Gasteiger partial charge < -0.3 is 10.5 Å². The Hall–Kier alpha value is -2.50. The summed E-state index contributed by atoms with van der Waals surface area (Å²) in [5, 5.41) is 14.9. The number of nitrogen functional groups attached to an aromatic ring is 1. The van der Waals surface area contributed by atoms with Crippen molar-refractivity contribution in [2.45, 2.75) is 6.92 Å². The molecule has 0 amide bonds. The number of aromatic nitrogens is 3. The average Bonchev–Trinajstić information content (AvgIpc) is 2.32. The molecule has 2 aromatic heterocycles. The standard InChI is InChI=1S/C11H11N5O/c1-7-9(3-2-5-14-7)17-11-8(10(12)13)4-6-15-16-11/h2-6H,1H3,(H3,12,13). The van der Waals surface area contributed by atoms with Gasteiger partial charge in [0.15, 0.2) is 5.75 Å². The number of nitrogens with one attached hydrogen (secondary N) is 1. The van der Waals surface area contributed by atoms with Gasteiger partial charge in [0.25, 0.3) is 0 Å². The molecule has 6 heteroatoms. The Balaban J connectivity index is 2.37. The molecular weight excluding hydrogens is 218 g/mol. The fourth-order valence-corrected chi connectivity index (χ4v) is 1.28. The van der Waals surface area contributed by atoms with Crippen molar-refractivity contribution >= 4 is 5.84 Å². The topological polar surface area (TPSA) is 97.8 Å². The molecule has 0 aromatic carbocycles. The van der Waals surface area contributed by atoms with E-state index in [9.17, 15) is 0 Å². The van der Waals surface area contributed by atoms with Gasteiger partial charge in [0.1, 0.15) is 5.84 Å². The maximum Gasteiger partial charge on any atom is 0.249 e. The third-order valence-electron chi connectivity index (χ3n) is 2.14. The number of hydrogen-bond donors (Lipinski definition) is 2. The molecular formula is C11H11N5O. The normalized spacial score (nSPS) is 9.94. The van der Waals surface area contributed by atoms with Crippen LogP contribution in [0.4, 0.5) is 0 Å². The summed E-state index contributed by atoms with van der Waals surface area (Å²) >= 11 is 0. The summed E-state index contributed by atoms with van der Waals surface area (Å²) in [5.74, 6) is 0.656. The van der Waals surface area contributed by atoms with E-state index in [4.69, 9.17) is 15.9 Å². The third kappa shape index (κ3) is 2.36. The van der Waals surface area contributed by atoms with Crippen molar-refractivity contribution in [3.8, 4) is 11.6 Å². The van der Waals surface area contributed by atoms with Gasteiger partial charge in [0.2, 0.25) is 5.88 Å². The Kier molecular flexibility index (Phi) is 2.95. The number of rotatable bonds is 3. The number of nitrogens with two attached hydrogens (primary N) is 1. The van der Waals surface area contributed by atoms with Crippen LogP contribution in [0.3, 0.4) is 0 Å². The van der Waals surface area contributed by atoms with Crippen LogP contribution in [0, 0.1) is 12.3 Å². The smallest absolute Gasteiger partial charge is 0.249 e. The van der Waals surface area contributed by atoms with Crippen LogP contribution in [0.25, 0.3) is 0 Å². The van der Waals surface area contributed by atoms with Gasteiger partial charge in [0, 0.05) is 6.20 Å². The first kappa shape index (κ1) is 11.0. The molecule has 86 valence electrons. The van der Waals surface area contributed by atoms with Crippen LogP contribution < -0.4 is 10.5 Å². The summed E-state index contributed by atoms with van der Waals surface area (Å²) in [6.07, 6.45) is 3.13. The summed E-state index contributed by atoms with van der Waals surface area (Å²) < 4.78 is 5.54. The quantitative estimate of drug-likeness (QED) is 0.609. The van der Waals surface area contributed by atoms with Crippen LogP contribution in [-0.4, -0.2) is 21.0 Å². The average molecular weight is 229 g/mol. The van der Waals surface area contributed by atoms with Crippen LogP contribution in [-0.2, 0) is 0 Å². The molecule has 0 radical (unpaired) electrons. The first-order valence-corrected chi connectivity index (χ1v) is 4.94. The first-order valence-electron chi connectivity index (χ1n) is 4.94. The van der Waals surface area contributed by atoms with Crippen molar-refractivity contribution in [2.75, 3.05) is 0 Å². The lowest BCUT2D eigenvalue weighted by molar-refractivity contribution is 0.448. The van der Waals surface area contributed by atoms with Gasteiger partial charge in [-0.3, -0.25) is 10.4 Å². The molecule has 0 fully saturated rings. The molecule has 0 aliphatic carbocycles. The highest BCUT2D eigenvalue weighted by Gasteiger charge is 2.10. The van der Waals surface area contributed by atoms with Gasteiger partial charge in [0.05, 0.1) is 17.5 Å². The number of amidine groups is 1. The predicted octanol–water partition coefficient (Wildman–Crippen LogP) is 1.26. The van der Waals surface area contributed by atoms with Gasteiger partial charge in [-0.25, -0.2) is 0 Å². The minimum Gasteiger partial charge on any atom is -0.435 e. The molecule has 0 aliphatic heterocycles. The zero-order valence-electron chi connectivity index (χ0n) is 9.21. The van der Waals surface area contributed by atoms with Crippen LogP contribution >= 0.6 is 0 Å². The second-order valence-electron chi connectivity index (χ2n) is 3.35. The maximum absolute atomic E-state index is 7.41. The van der Waals surface area contributed by atoms with Crippen molar-refractivity contribution in [2.24, 2.45) is 5.73 Å². The minimum absolute atomic E-state index is 0.114. The van der Waals surface area contributed by atoms with Gasteiger partial charge >= 0.3 is 0 Å². The summed E-state index contributed by atoms with van der Waals surface area (Å²) in [6.45, 7) is 1.82. The Morgan fingerprint density at radius 2 is 2.18 bits per heavy atom. The second kappa shape index (κ2) is 4.56. The van der Waals surface area contributed by atoms with E-state index in [1.165, 1.54) is 6.20 Å². The summed E-state index contributed by atoms with van der Waals surface area (Å²) in [5.41, 5.74) is 6.56. The van der Waals surface area contributed by atoms with E-state index in [-0.39, 0.29) is 11.7 Å². The van der Waals surface area contributed by atoms with Gasteiger partial charge in [-0.05, 0) is 25.1 Å². The molecule has 0 bridgehead atoms. The fraction of sp³-hybridized carbons (Fsp3) is 0.0909. The lowest BCUT2D eigenvalue weighted by Gasteiger charge is -2.08. The molecule has 2 heterocycles. The van der Waals surface area contributed by atoms with E-state index in [1.54, 1.807) is 24.4 Å². The molecule has 0 atom stereocenters. The van der Waals surface area contributed by atoms with E-state index in [2.05, 4.69) is 15.2 Å². The van der Waals surface area contributed by atoms with Crippen molar-refractivity contribution in [1.29, 1.82) is 5.41 Å². The predicted molar refractivity (Wildman–Crippen MR) is 62.1 cm³/mol. The number of pyridine rings is 1. The molecule has 6 nitrogen and oxygen atoms in total. The molecule has 2 rings (SSSR count). The Morgan fingerprint density at radius 1 is 1.35 bits per heavy atom. The second-order valence-corrected chi connectivity index (χ2v) is 3.35. The van der Waals surface area contributed by atoms with Crippen molar-refractivity contribution in [3.63, 3.8) is 0 Å². The highest BCUT2D eigenvalue weighted by molar-refractivity contribution is 5.96. The van der Waals surface area contributed by atoms with Crippen molar-refractivity contribution in [1.82, 2.24) is 15.2 Å². The highest BCUT2D eigenvalue weighted by Crippen LogP contribution is 2.23. The van der Waals surface area contributed by atoms with E-state index in [1.807, 2.05) is 6.92 Å². The Labute approximate surface area is 98.0 Å². The van der Waals surface area contributed by atoms with E-state index >= 15 is 0 Å². The Bertz CT molecular complexity index is 555. The van der Waals surface area contributed by atoms with Gasteiger partial charge in [-0.2, -0.15) is 5.10 Å². The minimum atomic E-state index is -0.114. The molecule has 0 saturated heterocycles. The van der Waals surface area contributed by atoms with Crippen LogP contribution in [0.15, 0.2) is 30.6 Å². The number of nitrogens with zero attached hydrogens (tertiary/aromatic N) is 3. The molecule has 0 saturated carbocycles. The maximum atomic E-state index is 7.41. The monoisotopic (exact) mass is 229 g/mol. The summed E-state index contributed by atoms with van der Waals surface area (Å²) in [6, 6.07) is 5.10. The lowest BCUT2D eigenvalue weighted by Crippen LogP contribution is -2.13. The zero-order valence-corrected chi connectivity index (χ0v) is 9.21. The lowest BCUT2D eigenvalue weighted by atomic mass is 10.3. The number of ether oxygens (including phenoxy) is 1. The summed E-state index contributed by atoms with van der Waals surface area (Å²) in [7, 11) is 0.